The number of nitrogens with one attached hydrogen (secondary N) is 1. The predicted molar refractivity (Wildman–Crippen MR) is 121 cm³/mol. The fourth-order valence-corrected chi connectivity index (χ4v) is 4.02. The van der Waals surface area contributed by atoms with E-state index in [2.05, 4.69) is 58.7 Å². The maximum Gasteiger partial charge on any atom is 0.189 e. The molecule has 1 atom stereocenters. The third-order valence-electron chi connectivity index (χ3n) is 5.55. The zero-order valence-corrected chi connectivity index (χ0v) is 18.0. The van der Waals surface area contributed by atoms with Gasteiger partial charge in [0.2, 0.25) is 0 Å². The van der Waals surface area contributed by atoms with Gasteiger partial charge in [0.15, 0.2) is 12.6 Å². The second-order valence-electron chi connectivity index (χ2n) is 7.94. The molecule has 30 heavy (non-hydrogen) atoms. The van der Waals surface area contributed by atoms with Gasteiger partial charge in [0.25, 0.3) is 0 Å². The number of anilines is 1. The molecule has 2 aromatic carbocycles. The van der Waals surface area contributed by atoms with Gasteiger partial charge in [-0.2, -0.15) is 0 Å². The molecule has 0 spiro atoms. The van der Waals surface area contributed by atoms with Crippen molar-refractivity contribution in [3.05, 3.63) is 48.0 Å². The Morgan fingerprint density at radius 3 is 2.77 bits per heavy atom. The van der Waals surface area contributed by atoms with Crippen LogP contribution in [0.4, 0.5) is 5.82 Å². The zero-order valence-electron chi connectivity index (χ0n) is 18.0. The Morgan fingerprint density at radius 2 is 1.97 bits per heavy atom. The van der Waals surface area contributed by atoms with Gasteiger partial charge in [-0.1, -0.05) is 30.3 Å². The molecule has 1 N–H and O–H groups in total. The summed E-state index contributed by atoms with van der Waals surface area (Å²) < 4.78 is 11.3. The Kier molecular flexibility index (Phi) is 6.45. The molecule has 158 valence electrons. The van der Waals surface area contributed by atoms with Crippen LogP contribution in [0.1, 0.15) is 25.3 Å². The minimum Gasteiger partial charge on any atom is -0.467 e. The number of hydrogen-bond acceptors (Lipinski definition) is 6. The summed E-state index contributed by atoms with van der Waals surface area (Å²) in [5, 5.41) is 15.0. The molecule has 4 rings (SSSR count). The van der Waals surface area contributed by atoms with Gasteiger partial charge in [-0.25, -0.2) is 0 Å². The summed E-state index contributed by atoms with van der Waals surface area (Å²) >= 11 is 0. The summed E-state index contributed by atoms with van der Waals surface area (Å²) in [6, 6.07) is 14.8. The van der Waals surface area contributed by atoms with Gasteiger partial charge in [0.1, 0.15) is 11.4 Å². The van der Waals surface area contributed by atoms with E-state index in [0.717, 1.165) is 58.7 Å². The summed E-state index contributed by atoms with van der Waals surface area (Å²) in [6.45, 7) is 7.00. The average Bonchev–Trinajstić information content (AvgIpc) is 2.75. The maximum atomic E-state index is 5.91. The molecule has 2 heterocycles. The fraction of sp³-hybridized carbons (Fsp3) is 0.417. The lowest BCUT2D eigenvalue weighted by Crippen LogP contribution is -2.40. The van der Waals surface area contributed by atoms with E-state index >= 15 is 0 Å². The van der Waals surface area contributed by atoms with Gasteiger partial charge in [-0.3, -0.25) is 0 Å². The number of likely N-dealkylation sites (N-methyl/N-ethyl adjacent to an activating group) is 1. The van der Waals surface area contributed by atoms with Crippen LogP contribution in [0.15, 0.2) is 42.5 Å². The molecule has 0 saturated carbocycles. The average molecular weight is 407 g/mol. The van der Waals surface area contributed by atoms with Gasteiger partial charge in [0, 0.05) is 35.5 Å². The van der Waals surface area contributed by atoms with Crippen LogP contribution in [0.5, 0.6) is 5.75 Å². The van der Waals surface area contributed by atoms with Crippen molar-refractivity contribution in [1.29, 1.82) is 0 Å². The fourth-order valence-electron chi connectivity index (χ4n) is 4.02. The van der Waals surface area contributed by atoms with E-state index in [1.165, 1.54) is 6.42 Å². The molecule has 0 aliphatic carbocycles. The number of fused-ring (bicyclic) bond motifs is 1. The number of aryl methyl sites for hydroxylation is 1. The molecular formula is C24H30N4O2. The minimum atomic E-state index is 0.215. The Hall–Kier alpha value is -2.70. The van der Waals surface area contributed by atoms with Crippen LogP contribution in [-0.2, 0) is 4.74 Å². The Balaban J connectivity index is 1.71. The number of rotatable bonds is 7. The molecule has 1 saturated heterocycles. The number of benzene rings is 2. The highest BCUT2D eigenvalue weighted by Gasteiger charge is 2.20. The van der Waals surface area contributed by atoms with Gasteiger partial charge in [-0.05, 0) is 58.0 Å². The molecule has 1 aromatic heterocycles. The molecule has 6 nitrogen and oxygen atoms in total. The van der Waals surface area contributed by atoms with Crippen LogP contribution in [0.3, 0.4) is 0 Å². The monoisotopic (exact) mass is 406 g/mol. The highest BCUT2D eigenvalue weighted by molar-refractivity contribution is 6.01. The molecule has 1 aliphatic rings. The standard InChI is InChI=1S/C24H30N4O2/c1-4-29-16-30-22-14-17(2)11-12-21(22)23-19-9-5-6-10-20(19)24(27-26-23)25-18-8-7-13-28(3)15-18/h5-6,9-12,14,18H,4,7-8,13,15-16H2,1-3H3,(H,25,27)/t18-/m1/s1. The molecule has 6 heteroatoms. The second kappa shape index (κ2) is 9.41. The molecule has 3 aromatic rings. The largest absolute Gasteiger partial charge is 0.467 e. The summed E-state index contributed by atoms with van der Waals surface area (Å²) in [6.07, 6.45) is 2.34. The van der Waals surface area contributed by atoms with Gasteiger partial charge in [-0.15, -0.1) is 10.2 Å². The van der Waals surface area contributed by atoms with Crippen molar-refractivity contribution in [2.45, 2.75) is 32.7 Å². The third-order valence-corrected chi connectivity index (χ3v) is 5.55. The van der Waals surface area contributed by atoms with Crippen LogP contribution >= 0.6 is 0 Å². The number of nitrogens with zero attached hydrogens (tertiary/aromatic N) is 3. The van der Waals surface area contributed by atoms with Crippen LogP contribution in [-0.4, -0.2) is 54.7 Å². The molecular weight excluding hydrogens is 376 g/mol. The first-order valence-corrected chi connectivity index (χ1v) is 10.7. The molecule has 0 bridgehead atoms. The molecule has 0 radical (unpaired) electrons. The molecule has 0 unspecified atom stereocenters. The van der Waals surface area contributed by atoms with Crippen molar-refractivity contribution in [3.8, 4) is 17.0 Å². The second-order valence-corrected chi connectivity index (χ2v) is 7.94. The lowest BCUT2D eigenvalue weighted by atomic mass is 10.0. The number of aromatic nitrogens is 2. The van der Waals surface area contributed by atoms with Crippen molar-refractivity contribution in [2.75, 3.05) is 38.9 Å². The van der Waals surface area contributed by atoms with E-state index < -0.39 is 0 Å². The summed E-state index contributed by atoms with van der Waals surface area (Å²) in [5.74, 6) is 1.61. The van der Waals surface area contributed by atoms with Gasteiger partial charge < -0.3 is 19.7 Å². The van der Waals surface area contributed by atoms with Crippen LogP contribution in [0.25, 0.3) is 22.0 Å². The predicted octanol–water partition coefficient (Wildman–Crippen LogP) is 4.48. The lowest BCUT2D eigenvalue weighted by Gasteiger charge is -2.30. The first-order valence-electron chi connectivity index (χ1n) is 10.7. The highest BCUT2D eigenvalue weighted by atomic mass is 16.7. The van der Waals surface area contributed by atoms with Crippen molar-refractivity contribution >= 4 is 16.6 Å². The maximum absolute atomic E-state index is 5.91. The topological polar surface area (TPSA) is 59.5 Å². The highest BCUT2D eigenvalue weighted by Crippen LogP contribution is 2.36. The third kappa shape index (κ3) is 4.55. The first kappa shape index (κ1) is 20.6. The normalized spacial score (nSPS) is 17.2. The van der Waals surface area contributed by atoms with E-state index in [-0.39, 0.29) is 6.79 Å². The van der Waals surface area contributed by atoms with Crippen molar-refractivity contribution in [2.24, 2.45) is 0 Å². The Bertz CT molecular complexity index is 1010. The van der Waals surface area contributed by atoms with Crippen LogP contribution in [0.2, 0.25) is 0 Å². The summed E-state index contributed by atoms with van der Waals surface area (Å²) in [5.41, 5.74) is 2.87. The van der Waals surface area contributed by atoms with Crippen molar-refractivity contribution in [1.82, 2.24) is 15.1 Å². The van der Waals surface area contributed by atoms with Crippen molar-refractivity contribution < 1.29 is 9.47 Å². The molecule has 1 fully saturated rings. The lowest BCUT2D eigenvalue weighted by molar-refractivity contribution is 0.0227. The van der Waals surface area contributed by atoms with Crippen LogP contribution < -0.4 is 10.1 Å². The SMILES string of the molecule is CCOCOc1cc(C)ccc1-c1nnc(N[C@@H]2CCCN(C)C2)c2ccccc12. The zero-order chi connectivity index (χ0) is 20.9. The van der Waals surface area contributed by atoms with E-state index in [1.54, 1.807) is 0 Å². The van der Waals surface area contributed by atoms with E-state index in [0.29, 0.717) is 12.6 Å². The molecule has 1 aliphatic heterocycles. The van der Waals surface area contributed by atoms with Gasteiger partial charge >= 0.3 is 0 Å². The smallest absolute Gasteiger partial charge is 0.189 e. The van der Waals surface area contributed by atoms with Crippen LogP contribution in [0, 0.1) is 6.92 Å². The number of ether oxygens (including phenoxy) is 2. The van der Waals surface area contributed by atoms with E-state index in [1.807, 2.05) is 25.1 Å². The Morgan fingerprint density at radius 1 is 1.13 bits per heavy atom. The Labute approximate surface area is 178 Å². The summed E-state index contributed by atoms with van der Waals surface area (Å²) in [4.78, 5) is 2.36. The number of likely N-dealkylation sites (tertiary alicyclic amines) is 1. The van der Waals surface area contributed by atoms with Crippen molar-refractivity contribution in [3.63, 3.8) is 0 Å². The summed E-state index contributed by atoms with van der Waals surface area (Å²) in [7, 11) is 2.17. The molecule has 0 amide bonds. The van der Waals surface area contributed by atoms with E-state index in [4.69, 9.17) is 9.47 Å². The van der Waals surface area contributed by atoms with Gasteiger partial charge in [0.05, 0.1) is 0 Å². The minimum absolute atomic E-state index is 0.215. The number of piperidine rings is 1. The number of hydrogen-bond donors (Lipinski definition) is 1. The quantitative estimate of drug-likeness (QED) is 0.461. The first-order chi connectivity index (χ1) is 14.7. The van der Waals surface area contributed by atoms with E-state index in [9.17, 15) is 0 Å².